The zero-order valence-electron chi connectivity index (χ0n) is 12.6. The van der Waals surface area contributed by atoms with E-state index in [9.17, 15) is 0 Å². The van der Waals surface area contributed by atoms with Gasteiger partial charge in [0.05, 0.1) is 0 Å². The molecule has 1 saturated carbocycles. The zero-order chi connectivity index (χ0) is 14.1. The minimum absolute atomic E-state index is 0.558. The second-order valence-electron chi connectivity index (χ2n) is 6.73. The number of hydrogen-bond donors (Lipinski definition) is 1. The van der Waals surface area contributed by atoms with Gasteiger partial charge in [0, 0.05) is 19.1 Å². The molecule has 4 nitrogen and oxygen atoms in total. The number of nitrogens with one attached hydrogen (secondary N) is 1. The molecule has 1 aliphatic carbocycles. The molecular formula is C15H26N4S. The van der Waals surface area contributed by atoms with Crippen molar-refractivity contribution >= 4 is 18.2 Å². The van der Waals surface area contributed by atoms with Crippen molar-refractivity contribution in [3.05, 3.63) is 4.77 Å². The lowest BCUT2D eigenvalue weighted by molar-refractivity contribution is 0.350. The van der Waals surface area contributed by atoms with Gasteiger partial charge >= 0.3 is 0 Å². The third-order valence-corrected chi connectivity index (χ3v) is 5.36. The van der Waals surface area contributed by atoms with Crippen LogP contribution in [0.1, 0.15) is 58.4 Å². The molecule has 1 atom stereocenters. The summed E-state index contributed by atoms with van der Waals surface area (Å²) < 4.78 is 3.11. The average Bonchev–Trinajstić information content (AvgIpc) is 3.06. The molecule has 2 heterocycles. The lowest BCUT2D eigenvalue weighted by atomic mass is 9.95. The molecule has 1 aromatic rings. The summed E-state index contributed by atoms with van der Waals surface area (Å²) in [4.78, 5) is 2.44. The molecular weight excluding hydrogens is 268 g/mol. The number of H-pyrrole nitrogens is 1. The van der Waals surface area contributed by atoms with Gasteiger partial charge in [-0.2, -0.15) is 0 Å². The summed E-state index contributed by atoms with van der Waals surface area (Å²) in [6, 6.07) is 0.558. The van der Waals surface area contributed by atoms with Gasteiger partial charge in [0.1, 0.15) is 0 Å². The van der Waals surface area contributed by atoms with Crippen molar-refractivity contribution < 1.29 is 0 Å². The number of aromatic amines is 1. The third kappa shape index (κ3) is 2.65. The minimum atomic E-state index is 0.558. The highest BCUT2D eigenvalue weighted by Gasteiger charge is 2.29. The quantitative estimate of drug-likeness (QED) is 0.858. The molecule has 1 saturated heterocycles. The molecule has 2 aliphatic rings. The normalized spacial score (nSPS) is 24.8. The molecule has 0 amide bonds. The fourth-order valence-corrected chi connectivity index (χ4v) is 3.98. The van der Waals surface area contributed by atoms with Crippen LogP contribution in [0, 0.1) is 16.6 Å². The molecule has 3 rings (SSSR count). The molecule has 1 N–H and O–H groups in total. The van der Waals surface area contributed by atoms with Gasteiger partial charge < -0.3 is 4.90 Å². The lowest BCUT2D eigenvalue weighted by Crippen LogP contribution is -2.26. The summed E-state index contributed by atoms with van der Waals surface area (Å²) in [6.45, 7) is 6.90. The predicted octanol–water partition coefficient (Wildman–Crippen LogP) is 3.93. The van der Waals surface area contributed by atoms with E-state index in [-0.39, 0.29) is 0 Å². The van der Waals surface area contributed by atoms with Crippen molar-refractivity contribution in [1.82, 2.24) is 14.8 Å². The van der Waals surface area contributed by atoms with Crippen LogP contribution in [-0.2, 0) is 0 Å². The van der Waals surface area contributed by atoms with E-state index in [4.69, 9.17) is 12.2 Å². The third-order valence-electron chi connectivity index (χ3n) is 5.08. The first-order valence-corrected chi connectivity index (χ1v) is 8.49. The molecule has 1 unspecified atom stereocenters. The van der Waals surface area contributed by atoms with E-state index >= 15 is 0 Å². The van der Waals surface area contributed by atoms with Crippen LogP contribution >= 0.6 is 12.2 Å². The van der Waals surface area contributed by atoms with Crippen LogP contribution < -0.4 is 4.90 Å². The molecule has 0 bridgehead atoms. The van der Waals surface area contributed by atoms with Gasteiger partial charge in [-0.3, -0.25) is 4.57 Å². The standard InChI is InChI=1S/C15H26N4S/c1-11(2)12-8-9-18(10-12)14-16-17-15(20)19(14)13-6-4-3-5-7-13/h11-13H,3-10H2,1-2H3,(H,17,20). The second kappa shape index (κ2) is 5.88. The number of nitrogens with zero attached hydrogens (tertiary/aromatic N) is 3. The maximum Gasteiger partial charge on any atom is 0.225 e. The highest BCUT2D eigenvalue weighted by molar-refractivity contribution is 7.71. The van der Waals surface area contributed by atoms with Crippen LogP contribution in [-0.4, -0.2) is 27.9 Å². The summed E-state index contributed by atoms with van der Waals surface area (Å²) >= 11 is 5.49. The maximum atomic E-state index is 5.49. The Morgan fingerprint density at radius 2 is 1.95 bits per heavy atom. The summed E-state index contributed by atoms with van der Waals surface area (Å²) in [5, 5.41) is 7.57. The zero-order valence-corrected chi connectivity index (χ0v) is 13.5. The fraction of sp³-hybridized carbons (Fsp3) is 0.867. The van der Waals surface area contributed by atoms with Crippen molar-refractivity contribution in [2.75, 3.05) is 18.0 Å². The predicted molar refractivity (Wildman–Crippen MR) is 84.7 cm³/mol. The van der Waals surface area contributed by atoms with E-state index in [1.165, 1.54) is 38.5 Å². The molecule has 5 heteroatoms. The Kier molecular flexibility index (Phi) is 4.15. The Balaban J connectivity index is 1.82. The highest BCUT2D eigenvalue weighted by Crippen LogP contribution is 2.33. The van der Waals surface area contributed by atoms with Gasteiger partial charge in [0.15, 0.2) is 4.77 Å². The van der Waals surface area contributed by atoms with E-state index in [1.807, 2.05) is 0 Å². The van der Waals surface area contributed by atoms with Crippen molar-refractivity contribution in [1.29, 1.82) is 0 Å². The van der Waals surface area contributed by atoms with Crippen molar-refractivity contribution in [3.63, 3.8) is 0 Å². The van der Waals surface area contributed by atoms with Crippen LogP contribution in [0.3, 0.4) is 0 Å². The topological polar surface area (TPSA) is 36.9 Å². The Hall–Kier alpha value is -0.840. The first-order chi connectivity index (χ1) is 9.66. The Morgan fingerprint density at radius 1 is 1.20 bits per heavy atom. The molecule has 1 aromatic heterocycles. The van der Waals surface area contributed by atoms with Crippen LogP contribution in [0.2, 0.25) is 0 Å². The smallest absolute Gasteiger partial charge is 0.225 e. The number of aromatic nitrogens is 3. The van der Waals surface area contributed by atoms with E-state index in [0.717, 1.165) is 35.6 Å². The van der Waals surface area contributed by atoms with Crippen molar-refractivity contribution in [3.8, 4) is 0 Å². The number of hydrogen-bond acceptors (Lipinski definition) is 3. The summed E-state index contributed by atoms with van der Waals surface area (Å²) in [5.74, 6) is 2.63. The first kappa shape index (κ1) is 14.1. The largest absolute Gasteiger partial charge is 0.341 e. The summed E-state index contributed by atoms with van der Waals surface area (Å²) in [5.41, 5.74) is 0. The Bertz CT molecular complexity index is 498. The Labute approximate surface area is 126 Å². The van der Waals surface area contributed by atoms with Crippen LogP contribution in [0.15, 0.2) is 0 Å². The van der Waals surface area contributed by atoms with E-state index in [0.29, 0.717) is 6.04 Å². The fourth-order valence-electron chi connectivity index (χ4n) is 3.70. The first-order valence-electron chi connectivity index (χ1n) is 8.08. The van der Waals surface area contributed by atoms with Gasteiger partial charge in [-0.15, -0.1) is 5.10 Å². The molecule has 1 aliphatic heterocycles. The van der Waals surface area contributed by atoms with Crippen molar-refractivity contribution in [2.45, 2.75) is 58.4 Å². The van der Waals surface area contributed by atoms with Gasteiger partial charge in [-0.05, 0) is 43.3 Å². The molecule has 0 aromatic carbocycles. The lowest BCUT2D eigenvalue weighted by Gasteiger charge is -2.27. The second-order valence-corrected chi connectivity index (χ2v) is 7.12. The molecule has 2 fully saturated rings. The van der Waals surface area contributed by atoms with E-state index < -0.39 is 0 Å². The highest BCUT2D eigenvalue weighted by atomic mass is 32.1. The maximum absolute atomic E-state index is 5.49. The summed E-state index contributed by atoms with van der Waals surface area (Å²) in [7, 11) is 0. The molecule has 0 spiro atoms. The molecule has 20 heavy (non-hydrogen) atoms. The van der Waals surface area contributed by atoms with Gasteiger partial charge in [0.25, 0.3) is 0 Å². The van der Waals surface area contributed by atoms with Crippen LogP contribution in [0.4, 0.5) is 5.95 Å². The van der Waals surface area contributed by atoms with Crippen LogP contribution in [0.5, 0.6) is 0 Å². The molecule has 0 radical (unpaired) electrons. The average molecular weight is 294 g/mol. The van der Waals surface area contributed by atoms with E-state index in [1.54, 1.807) is 0 Å². The minimum Gasteiger partial charge on any atom is -0.341 e. The van der Waals surface area contributed by atoms with Crippen LogP contribution in [0.25, 0.3) is 0 Å². The number of anilines is 1. The van der Waals surface area contributed by atoms with Crippen molar-refractivity contribution in [2.24, 2.45) is 11.8 Å². The molecule has 112 valence electrons. The Morgan fingerprint density at radius 3 is 2.60 bits per heavy atom. The SMILES string of the molecule is CC(C)C1CCN(c2n[nH]c(=S)n2C2CCCCC2)C1. The van der Waals surface area contributed by atoms with E-state index in [2.05, 4.69) is 33.5 Å². The van der Waals surface area contributed by atoms with Gasteiger partial charge in [-0.25, -0.2) is 5.10 Å². The number of rotatable bonds is 3. The monoisotopic (exact) mass is 294 g/mol. The van der Waals surface area contributed by atoms with Gasteiger partial charge in [0.2, 0.25) is 5.95 Å². The van der Waals surface area contributed by atoms with Gasteiger partial charge in [-0.1, -0.05) is 33.1 Å². The summed E-state index contributed by atoms with van der Waals surface area (Å²) in [6.07, 6.45) is 7.81.